The predicted molar refractivity (Wildman–Crippen MR) is 115 cm³/mol. The average molecular weight is 368 g/mol. The monoisotopic (exact) mass is 367 g/mol. The summed E-state index contributed by atoms with van der Waals surface area (Å²) in [6.07, 6.45) is 28.5. The summed E-state index contributed by atoms with van der Waals surface area (Å²) in [5, 5.41) is 8.57. The highest BCUT2D eigenvalue weighted by Crippen LogP contribution is 2.15. The zero-order chi connectivity index (χ0) is 19.1. The van der Waals surface area contributed by atoms with E-state index >= 15 is 0 Å². The molecule has 0 aromatic carbocycles. The lowest BCUT2D eigenvalue weighted by atomic mass is 10.0. The first-order valence-electron chi connectivity index (χ1n) is 11.8. The molecule has 1 N–H and O–H groups in total. The second-order valence-corrected chi connectivity index (χ2v) is 8.07. The maximum absolute atomic E-state index is 10.4. The molecule has 0 fully saturated rings. The second-order valence-electron chi connectivity index (χ2n) is 8.07. The van der Waals surface area contributed by atoms with Crippen molar-refractivity contribution in [2.75, 3.05) is 0 Å². The van der Waals surface area contributed by atoms with Gasteiger partial charge in [-0.1, -0.05) is 135 Å². The number of hydrogen-bond acceptors (Lipinski definition) is 1. The number of aliphatic carboxylic acids is 1. The van der Waals surface area contributed by atoms with Gasteiger partial charge in [-0.05, 0) is 6.42 Å². The van der Waals surface area contributed by atoms with E-state index in [1.165, 1.54) is 116 Å². The molecule has 0 aromatic heterocycles. The van der Waals surface area contributed by atoms with Gasteiger partial charge in [0, 0.05) is 6.42 Å². The van der Waals surface area contributed by atoms with Crippen LogP contribution in [0.3, 0.4) is 0 Å². The molecule has 0 saturated heterocycles. The van der Waals surface area contributed by atoms with E-state index in [4.69, 9.17) is 5.11 Å². The van der Waals surface area contributed by atoms with Crippen LogP contribution in [0.4, 0.5) is 0 Å². The van der Waals surface area contributed by atoms with Crippen molar-refractivity contribution < 1.29 is 9.90 Å². The van der Waals surface area contributed by atoms with Gasteiger partial charge in [0.05, 0.1) is 0 Å². The molecule has 26 heavy (non-hydrogen) atoms. The standard InChI is InChI=1S/C24H47O2/c1-2-3-4-5-6-7-8-9-10-11-12-13-14-15-16-17-18-19-20-21-22-23-24(25)26/h1-23H2,(H,25,26). The van der Waals surface area contributed by atoms with E-state index in [-0.39, 0.29) is 0 Å². The minimum atomic E-state index is -0.652. The van der Waals surface area contributed by atoms with E-state index in [2.05, 4.69) is 6.92 Å². The molecule has 0 unspecified atom stereocenters. The van der Waals surface area contributed by atoms with Crippen molar-refractivity contribution in [1.82, 2.24) is 0 Å². The van der Waals surface area contributed by atoms with Gasteiger partial charge in [-0.15, -0.1) is 0 Å². The van der Waals surface area contributed by atoms with E-state index < -0.39 is 5.97 Å². The third kappa shape index (κ3) is 23.5. The van der Waals surface area contributed by atoms with Gasteiger partial charge >= 0.3 is 5.97 Å². The Morgan fingerprint density at radius 1 is 0.462 bits per heavy atom. The van der Waals surface area contributed by atoms with Crippen LogP contribution in [-0.4, -0.2) is 11.1 Å². The van der Waals surface area contributed by atoms with Crippen molar-refractivity contribution >= 4 is 5.97 Å². The Kier molecular flexibility index (Phi) is 22.1. The Morgan fingerprint density at radius 2 is 0.692 bits per heavy atom. The van der Waals surface area contributed by atoms with Crippen molar-refractivity contribution in [3.63, 3.8) is 0 Å². The molecule has 2 heteroatoms. The number of hydrogen-bond donors (Lipinski definition) is 1. The highest BCUT2D eigenvalue weighted by Gasteiger charge is 1.97. The summed E-state index contributed by atoms with van der Waals surface area (Å²) in [6, 6.07) is 0. The van der Waals surface area contributed by atoms with E-state index in [0.29, 0.717) is 6.42 Å². The molecule has 0 spiro atoms. The van der Waals surface area contributed by atoms with Crippen molar-refractivity contribution in [1.29, 1.82) is 0 Å². The highest BCUT2D eigenvalue weighted by molar-refractivity contribution is 5.66. The quantitative estimate of drug-likeness (QED) is 0.195. The van der Waals surface area contributed by atoms with Gasteiger partial charge in [-0.2, -0.15) is 0 Å². The summed E-state index contributed by atoms with van der Waals surface area (Å²) in [4.78, 5) is 10.4. The molecule has 0 aromatic rings. The Balaban J connectivity index is 2.98. The van der Waals surface area contributed by atoms with Crippen LogP contribution in [0.25, 0.3) is 0 Å². The lowest BCUT2D eigenvalue weighted by Crippen LogP contribution is -1.93. The molecule has 0 rings (SSSR count). The summed E-state index contributed by atoms with van der Waals surface area (Å²) in [5.74, 6) is -0.652. The molecule has 155 valence electrons. The number of carbonyl (C=O) groups is 1. The maximum atomic E-state index is 10.4. The fourth-order valence-electron chi connectivity index (χ4n) is 3.63. The lowest BCUT2D eigenvalue weighted by molar-refractivity contribution is -0.137. The zero-order valence-electron chi connectivity index (χ0n) is 17.6. The van der Waals surface area contributed by atoms with Crippen molar-refractivity contribution in [2.45, 2.75) is 141 Å². The third-order valence-corrected chi connectivity index (χ3v) is 5.39. The van der Waals surface area contributed by atoms with E-state index in [1.807, 2.05) is 0 Å². The summed E-state index contributed by atoms with van der Waals surface area (Å²) in [5.41, 5.74) is 0. The zero-order valence-corrected chi connectivity index (χ0v) is 17.6. The Bertz CT molecular complexity index is 275. The van der Waals surface area contributed by atoms with Gasteiger partial charge in [0.25, 0.3) is 0 Å². The van der Waals surface area contributed by atoms with Gasteiger partial charge in [0.1, 0.15) is 0 Å². The smallest absolute Gasteiger partial charge is 0.303 e. The molecule has 2 nitrogen and oxygen atoms in total. The summed E-state index contributed by atoms with van der Waals surface area (Å²) in [6.45, 7) is 3.89. The first-order chi connectivity index (χ1) is 12.8. The van der Waals surface area contributed by atoms with E-state index in [1.54, 1.807) is 0 Å². The van der Waals surface area contributed by atoms with E-state index in [0.717, 1.165) is 19.3 Å². The Morgan fingerprint density at radius 3 is 0.923 bits per heavy atom. The van der Waals surface area contributed by atoms with Gasteiger partial charge in [0.2, 0.25) is 0 Å². The van der Waals surface area contributed by atoms with Crippen LogP contribution >= 0.6 is 0 Å². The average Bonchev–Trinajstić information content (AvgIpc) is 2.62. The highest BCUT2D eigenvalue weighted by atomic mass is 16.4. The van der Waals surface area contributed by atoms with Crippen LogP contribution in [0.5, 0.6) is 0 Å². The molecule has 0 aliphatic carbocycles. The number of rotatable bonds is 22. The number of carboxylic acids is 1. The summed E-state index contributed by atoms with van der Waals surface area (Å²) in [7, 11) is 0. The first-order valence-corrected chi connectivity index (χ1v) is 11.8. The Hall–Kier alpha value is -0.530. The summed E-state index contributed by atoms with van der Waals surface area (Å²) < 4.78 is 0. The van der Waals surface area contributed by atoms with Gasteiger partial charge < -0.3 is 5.11 Å². The molecule has 0 saturated carbocycles. The first kappa shape index (κ1) is 25.5. The van der Waals surface area contributed by atoms with Crippen LogP contribution < -0.4 is 0 Å². The van der Waals surface area contributed by atoms with Crippen LogP contribution in [0, 0.1) is 6.92 Å². The SMILES string of the molecule is [CH2]CCCCCCCCCCCCCCCCCCCCCCC(=O)O. The van der Waals surface area contributed by atoms with Gasteiger partial charge in [-0.25, -0.2) is 0 Å². The lowest BCUT2D eigenvalue weighted by Gasteiger charge is -2.04. The molecular formula is C24H47O2. The van der Waals surface area contributed by atoms with E-state index in [9.17, 15) is 4.79 Å². The number of carboxylic acid groups (broad SMARTS) is 1. The second kappa shape index (κ2) is 22.5. The van der Waals surface area contributed by atoms with Crippen LogP contribution in [0.1, 0.15) is 141 Å². The molecular weight excluding hydrogens is 320 g/mol. The van der Waals surface area contributed by atoms with Crippen LogP contribution in [-0.2, 0) is 4.79 Å². The molecule has 0 atom stereocenters. The molecule has 0 amide bonds. The van der Waals surface area contributed by atoms with Gasteiger partial charge in [0.15, 0.2) is 0 Å². The van der Waals surface area contributed by atoms with Gasteiger partial charge in [-0.3, -0.25) is 4.79 Å². The van der Waals surface area contributed by atoms with Crippen molar-refractivity contribution in [2.24, 2.45) is 0 Å². The molecule has 0 heterocycles. The van der Waals surface area contributed by atoms with Crippen molar-refractivity contribution in [3.8, 4) is 0 Å². The third-order valence-electron chi connectivity index (χ3n) is 5.39. The maximum Gasteiger partial charge on any atom is 0.303 e. The normalized spacial score (nSPS) is 11.1. The topological polar surface area (TPSA) is 37.3 Å². The molecule has 0 bridgehead atoms. The molecule has 0 aliphatic heterocycles. The fourth-order valence-corrected chi connectivity index (χ4v) is 3.63. The minimum absolute atomic E-state index is 0.344. The largest absolute Gasteiger partial charge is 0.481 e. The fraction of sp³-hybridized carbons (Fsp3) is 0.917. The van der Waals surface area contributed by atoms with Crippen molar-refractivity contribution in [3.05, 3.63) is 6.92 Å². The summed E-state index contributed by atoms with van der Waals surface area (Å²) >= 11 is 0. The van der Waals surface area contributed by atoms with Crippen LogP contribution in [0.15, 0.2) is 0 Å². The number of unbranched alkanes of at least 4 members (excludes halogenated alkanes) is 20. The minimum Gasteiger partial charge on any atom is -0.481 e. The molecule has 0 aliphatic rings. The predicted octanol–water partition coefficient (Wildman–Crippen LogP) is 8.49. The Labute approximate surface area is 164 Å². The molecule has 1 radical (unpaired) electrons. The van der Waals surface area contributed by atoms with Crippen LogP contribution in [0.2, 0.25) is 0 Å².